The molecular weight excluding hydrogens is 424 g/mol. The summed E-state index contributed by atoms with van der Waals surface area (Å²) in [5, 5.41) is 3.84. The second-order valence-electron chi connectivity index (χ2n) is 10.8. The number of hydrogen-bond acceptors (Lipinski definition) is 1. The summed E-state index contributed by atoms with van der Waals surface area (Å²) in [6.07, 6.45) is 15.7. The molecule has 2 fully saturated rings. The molecule has 2 aromatic heterocycles. The Morgan fingerprint density at radius 3 is 1.80 bits per heavy atom. The van der Waals surface area contributed by atoms with Crippen molar-refractivity contribution in [3.05, 3.63) is 84.1 Å². The predicted octanol–water partition coefficient (Wildman–Crippen LogP) is 9.40. The van der Waals surface area contributed by atoms with Crippen molar-refractivity contribution < 1.29 is 0 Å². The third-order valence-corrected chi connectivity index (χ3v) is 8.84. The van der Waals surface area contributed by atoms with Gasteiger partial charge in [0, 0.05) is 16.3 Å². The molecule has 2 heteroatoms. The van der Waals surface area contributed by atoms with Crippen LogP contribution in [0.4, 0.5) is 0 Å². The van der Waals surface area contributed by atoms with Gasteiger partial charge in [-0.3, -0.25) is 4.40 Å². The summed E-state index contributed by atoms with van der Waals surface area (Å²) in [6, 6.07) is 24.9. The SMILES string of the molecule is c1cc(C2CCCCC2)c(-c2cnc3c4ccccc4c4ccccc4n23)c(C2CCCCC2)c1. The van der Waals surface area contributed by atoms with Gasteiger partial charge in [0.05, 0.1) is 17.4 Å². The van der Waals surface area contributed by atoms with Crippen LogP contribution in [0.1, 0.15) is 87.2 Å². The Morgan fingerprint density at radius 2 is 1.14 bits per heavy atom. The van der Waals surface area contributed by atoms with E-state index in [1.807, 2.05) is 0 Å². The molecule has 2 nitrogen and oxygen atoms in total. The van der Waals surface area contributed by atoms with E-state index in [9.17, 15) is 0 Å². The molecule has 0 saturated heterocycles. The van der Waals surface area contributed by atoms with Crippen LogP contribution in [-0.4, -0.2) is 9.38 Å². The molecule has 0 spiro atoms. The average molecular weight is 459 g/mol. The van der Waals surface area contributed by atoms with E-state index in [4.69, 9.17) is 4.98 Å². The van der Waals surface area contributed by atoms with Gasteiger partial charge in [-0.25, -0.2) is 4.98 Å². The molecule has 5 aromatic rings. The molecule has 0 radical (unpaired) electrons. The van der Waals surface area contributed by atoms with Gasteiger partial charge in [0.25, 0.3) is 0 Å². The third-order valence-electron chi connectivity index (χ3n) is 8.84. The largest absolute Gasteiger partial charge is 0.292 e. The van der Waals surface area contributed by atoms with E-state index in [0.29, 0.717) is 11.8 Å². The van der Waals surface area contributed by atoms with E-state index in [1.54, 1.807) is 11.1 Å². The standard InChI is InChI=1S/C33H34N2/c1-3-12-23(13-4-1)25-19-11-20-26(24-14-5-2-6-15-24)32(25)31-22-34-33-29-18-8-7-16-27(29)28-17-9-10-21-30(28)35(31)33/h7-11,16-24H,1-6,12-15H2. The van der Waals surface area contributed by atoms with Gasteiger partial charge in [-0.15, -0.1) is 0 Å². The van der Waals surface area contributed by atoms with Crippen LogP contribution in [-0.2, 0) is 0 Å². The molecule has 176 valence electrons. The summed E-state index contributed by atoms with van der Waals surface area (Å²) in [5.41, 5.74) is 8.30. The molecular formula is C33H34N2. The van der Waals surface area contributed by atoms with Gasteiger partial charge < -0.3 is 0 Å². The first-order valence-electron chi connectivity index (χ1n) is 13.8. The Labute approximate surface area is 208 Å². The monoisotopic (exact) mass is 458 g/mol. The molecule has 0 aliphatic heterocycles. The molecule has 7 rings (SSSR count). The molecule has 0 bridgehead atoms. The number of aromatic nitrogens is 2. The lowest BCUT2D eigenvalue weighted by Crippen LogP contribution is -2.12. The lowest BCUT2D eigenvalue weighted by molar-refractivity contribution is 0.436. The van der Waals surface area contributed by atoms with Gasteiger partial charge >= 0.3 is 0 Å². The highest BCUT2D eigenvalue weighted by Crippen LogP contribution is 2.45. The smallest absolute Gasteiger partial charge is 0.145 e. The van der Waals surface area contributed by atoms with Crippen LogP contribution in [0.2, 0.25) is 0 Å². The van der Waals surface area contributed by atoms with Crippen LogP contribution < -0.4 is 0 Å². The maximum atomic E-state index is 5.11. The van der Waals surface area contributed by atoms with Crippen molar-refractivity contribution in [3.63, 3.8) is 0 Å². The van der Waals surface area contributed by atoms with Crippen LogP contribution >= 0.6 is 0 Å². The Balaban J connectivity index is 1.56. The van der Waals surface area contributed by atoms with Gasteiger partial charge in [-0.1, -0.05) is 99.2 Å². The van der Waals surface area contributed by atoms with Crippen LogP contribution in [0, 0.1) is 0 Å². The number of rotatable bonds is 3. The van der Waals surface area contributed by atoms with Crippen molar-refractivity contribution in [3.8, 4) is 11.3 Å². The van der Waals surface area contributed by atoms with Crippen molar-refractivity contribution in [1.29, 1.82) is 0 Å². The first kappa shape index (κ1) is 21.2. The number of hydrogen-bond donors (Lipinski definition) is 0. The zero-order chi connectivity index (χ0) is 23.2. The minimum Gasteiger partial charge on any atom is -0.292 e. The minimum absolute atomic E-state index is 0.666. The number of pyridine rings is 1. The summed E-state index contributed by atoms with van der Waals surface area (Å²) in [6.45, 7) is 0. The minimum atomic E-state index is 0.666. The van der Waals surface area contributed by atoms with Crippen molar-refractivity contribution in [2.24, 2.45) is 0 Å². The Morgan fingerprint density at radius 1 is 0.571 bits per heavy atom. The van der Waals surface area contributed by atoms with Gasteiger partial charge in [0.2, 0.25) is 0 Å². The fourth-order valence-corrected chi connectivity index (χ4v) is 7.16. The number of imidazole rings is 1. The number of para-hydroxylation sites is 1. The highest BCUT2D eigenvalue weighted by atomic mass is 15.0. The Kier molecular flexibility index (Phi) is 5.34. The molecule has 0 N–H and O–H groups in total. The zero-order valence-corrected chi connectivity index (χ0v) is 20.5. The van der Waals surface area contributed by atoms with Crippen LogP contribution in [0.15, 0.2) is 72.9 Å². The summed E-state index contributed by atoms with van der Waals surface area (Å²) >= 11 is 0. The Hall–Kier alpha value is -3.13. The van der Waals surface area contributed by atoms with Gasteiger partial charge in [-0.2, -0.15) is 0 Å². The van der Waals surface area contributed by atoms with Gasteiger partial charge in [0.15, 0.2) is 0 Å². The second kappa shape index (κ2) is 8.82. The molecule has 35 heavy (non-hydrogen) atoms. The lowest BCUT2D eigenvalue weighted by Gasteiger charge is -2.29. The van der Waals surface area contributed by atoms with E-state index in [-0.39, 0.29) is 0 Å². The van der Waals surface area contributed by atoms with Crippen molar-refractivity contribution >= 4 is 27.3 Å². The van der Waals surface area contributed by atoms with E-state index >= 15 is 0 Å². The van der Waals surface area contributed by atoms with Crippen molar-refractivity contribution in [1.82, 2.24) is 9.38 Å². The molecule has 0 atom stereocenters. The maximum absolute atomic E-state index is 5.11. The zero-order valence-electron chi connectivity index (χ0n) is 20.5. The molecule has 3 aromatic carbocycles. The highest BCUT2D eigenvalue weighted by molar-refractivity contribution is 6.12. The topological polar surface area (TPSA) is 17.3 Å². The molecule has 2 heterocycles. The summed E-state index contributed by atoms with van der Waals surface area (Å²) in [5.74, 6) is 1.33. The number of nitrogens with zero attached hydrogens (tertiary/aromatic N) is 2. The summed E-state index contributed by atoms with van der Waals surface area (Å²) < 4.78 is 2.48. The average Bonchev–Trinajstić information content (AvgIpc) is 3.39. The van der Waals surface area contributed by atoms with Crippen molar-refractivity contribution in [2.45, 2.75) is 76.0 Å². The van der Waals surface area contributed by atoms with Crippen LogP contribution in [0.5, 0.6) is 0 Å². The first-order valence-corrected chi connectivity index (χ1v) is 13.8. The summed E-state index contributed by atoms with van der Waals surface area (Å²) in [7, 11) is 0. The second-order valence-corrected chi connectivity index (χ2v) is 10.8. The first-order chi connectivity index (χ1) is 17.4. The fourth-order valence-electron chi connectivity index (χ4n) is 7.16. The van der Waals surface area contributed by atoms with E-state index in [2.05, 4.69) is 77.3 Å². The normalized spacial score (nSPS) is 18.1. The van der Waals surface area contributed by atoms with Crippen LogP contribution in [0.3, 0.4) is 0 Å². The Bertz CT molecular complexity index is 1480. The van der Waals surface area contributed by atoms with E-state index in [1.165, 1.54) is 97.1 Å². The fraction of sp³-hybridized carbons (Fsp3) is 0.364. The maximum Gasteiger partial charge on any atom is 0.145 e. The van der Waals surface area contributed by atoms with Crippen molar-refractivity contribution in [2.75, 3.05) is 0 Å². The highest BCUT2D eigenvalue weighted by Gasteiger charge is 2.27. The summed E-state index contributed by atoms with van der Waals surface area (Å²) in [4.78, 5) is 5.11. The molecule has 0 unspecified atom stereocenters. The molecule has 2 saturated carbocycles. The molecule has 2 aliphatic rings. The molecule has 2 aliphatic carbocycles. The quantitative estimate of drug-likeness (QED) is 0.246. The van der Waals surface area contributed by atoms with Gasteiger partial charge in [0.1, 0.15) is 5.65 Å². The number of fused-ring (bicyclic) bond motifs is 6. The lowest BCUT2D eigenvalue weighted by atomic mass is 9.76. The predicted molar refractivity (Wildman–Crippen MR) is 147 cm³/mol. The van der Waals surface area contributed by atoms with Gasteiger partial charge in [-0.05, 0) is 60.1 Å². The van der Waals surface area contributed by atoms with Crippen LogP contribution in [0.25, 0.3) is 38.6 Å². The van der Waals surface area contributed by atoms with E-state index in [0.717, 1.165) is 5.65 Å². The molecule has 0 amide bonds. The number of benzene rings is 3. The third kappa shape index (κ3) is 3.49. The van der Waals surface area contributed by atoms with E-state index < -0.39 is 0 Å².